The molecule has 3 nitrogen and oxygen atoms in total. The third-order valence-electron chi connectivity index (χ3n) is 1.32. The van der Waals surface area contributed by atoms with Crippen LogP contribution in [0.2, 0.25) is 0 Å². The summed E-state index contributed by atoms with van der Waals surface area (Å²) in [4.78, 5) is 10.8. The SMILES string of the molecule is CC(N)NC(=O)C1CC1. The van der Waals surface area contributed by atoms with E-state index in [0.29, 0.717) is 0 Å². The predicted molar refractivity (Wildman–Crippen MR) is 34.5 cm³/mol. The van der Waals surface area contributed by atoms with Gasteiger partial charge in [0.25, 0.3) is 0 Å². The number of hydrogen-bond donors (Lipinski definition) is 2. The highest BCUT2D eigenvalue weighted by atomic mass is 16.2. The van der Waals surface area contributed by atoms with Crippen LogP contribution in [0, 0.1) is 5.92 Å². The smallest absolute Gasteiger partial charge is 0.224 e. The van der Waals surface area contributed by atoms with Crippen LogP contribution in [-0.2, 0) is 4.79 Å². The number of rotatable bonds is 2. The van der Waals surface area contributed by atoms with Crippen LogP contribution in [0.3, 0.4) is 0 Å². The Balaban J connectivity index is 2.18. The van der Waals surface area contributed by atoms with Crippen LogP contribution in [0.1, 0.15) is 19.8 Å². The van der Waals surface area contributed by atoms with Crippen molar-refractivity contribution in [1.82, 2.24) is 5.32 Å². The van der Waals surface area contributed by atoms with Crippen molar-refractivity contribution in [3.63, 3.8) is 0 Å². The van der Waals surface area contributed by atoms with Gasteiger partial charge in [0.15, 0.2) is 0 Å². The summed E-state index contributed by atoms with van der Waals surface area (Å²) in [7, 11) is 0. The zero-order valence-corrected chi connectivity index (χ0v) is 5.55. The molecular formula is C6H12N2O. The molecule has 0 aromatic rings. The molecule has 1 amide bonds. The van der Waals surface area contributed by atoms with Crippen molar-refractivity contribution in [2.24, 2.45) is 11.7 Å². The van der Waals surface area contributed by atoms with Crippen LogP contribution in [-0.4, -0.2) is 12.1 Å². The fraction of sp³-hybridized carbons (Fsp3) is 0.833. The van der Waals surface area contributed by atoms with Gasteiger partial charge < -0.3 is 11.1 Å². The summed E-state index contributed by atoms with van der Waals surface area (Å²) < 4.78 is 0. The first-order chi connectivity index (χ1) is 4.20. The van der Waals surface area contributed by atoms with E-state index in [-0.39, 0.29) is 18.0 Å². The van der Waals surface area contributed by atoms with Gasteiger partial charge in [0.05, 0.1) is 6.17 Å². The normalized spacial score (nSPS) is 21.1. The molecule has 3 N–H and O–H groups in total. The first-order valence-corrected chi connectivity index (χ1v) is 3.26. The number of amides is 1. The van der Waals surface area contributed by atoms with E-state index in [1.807, 2.05) is 0 Å². The molecule has 0 bridgehead atoms. The minimum atomic E-state index is -0.196. The molecule has 1 atom stereocenters. The first-order valence-electron chi connectivity index (χ1n) is 3.26. The van der Waals surface area contributed by atoms with E-state index in [1.165, 1.54) is 0 Å². The summed E-state index contributed by atoms with van der Waals surface area (Å²) in [6, 6.07) is 0. The van der Waals surface area contributed by atoms with Gasteiger partial charge in [-0.05, 0) is 19.8 Å². The average Bonchev–Trinajstić information content (AvgIpc) is 2.40. The predicted octanol–water partition coefficient (Wildman–Crippen LogP) is -0.183. The lowest BCUT2D eigenvalue weighted by Gasteiger charge is -2.05. The standard InChI is InChI=1S/C6H12N2O/c1-4(7)8-6(9)5-2-3-5/h4-5H,2-3,7H2,1H3,(H,8,9). The summed E-state index contributed by atoms with van der Waals surface area (Å²) in [5, 5.41) is 2.64. The van der Waals surface area contributed by atoms with Crippen LogP contribution in [0.15, 0.2) is 0 Å². The minimum absolute atomic E-state index is 0.116. The molecule has 0 aromatic carbocycles. The Hall–Kier alpha value is -0.570. The molecule has 0 saturated heterocycles. The molecule has 3 heteroatoms. The molecule has 9 heavy (non-hydrogen) atoms. The molecule has 1 aliphatic rings. The van der Waals surface area contributed by atoms with Crippen LogP contribution in [0.4, 0.5) is 0 Å². The van der Waals surface area contributed by atoms with E-state index in [1.54, 1.807) is 6.92 Å². The van der Waals surface area contributed by atoms with Crippen molar-refractivity contribution in [2.75, 3.05) is 0 Å². The highest BCUT2D eigenvalue weighted by molar-refractivity contribution is 5.80. The van der Waals surface area contributed by atoms with E-state index in [0.717, 1.165) is 12.8 Å². The zero-order chi connectivity index (χ0) is 6.85. The van der Waals surface area contributed by atoms with Crippen molar-refractivity contribution in [1.29, 1.82) is 0 Å². The zero-order valence-electron chi connectivity index (χ0n) is 5.55. The monoisotopic (exact) mass is 128 g/mol. The molecule has 0 heterocycles. The summed E-state index contributed by atoms with van der Waals surface area (Å²) in [6.07, 6.45) is 1.88. The molecule has 1 fully saturated rings. The highest BCUT2D eigenvalue weighted by Gasteiger charge is 2.29. The molecule has 1 rings (SSSR count). The van der Waals surface area contributed by atoms with Crippen molar-refractivity contribution in [3.05, 3.63) is 0 Å². The third kappa shape index (κ3) is 2.01. The van der Waals surface area contributed by atoms with Crippen molar-refractivity contribution in [3.8, 4) is 0 Å². The van der Waals surface area contributed by atoms with E-state index in [2.05, 4.69) is 5.32 Å². The van der Waals surface area contributed by atoms with Crippen molar-refractivity contribution >= 4 is 5.91 Å². The molecule has 52 valence electrons. The second kappa shape index (κ2) is 2.35. The lowest BCUT2D eigenvalue weighted by atomic mass is 10.4. The van der Waals surface area contributed by atoms with Gasteiger partial charge in [-0.25, -0.2) is 0 Å². The van der Waals surface area contributed by atoms with E-state index in [9.17, 15) is 4.79 Å². The number of nitrogens with two attached hydrogens (primary N) is 1. The van der Waals surface area contributed by atoms with Gasteiger partial charge in [-0.3, -0.25) is 4.79 Å². The van der Waals surface area contributed by atoms with Crippen molar-refractivity contribution in [2.45, 2.75) is 25.9 Å². The molecule has 0 spiro atoms. The second-order valence-electron chi connectivity index (χ2n) is 2.57. The summed E-state index contributed by atoms with van der Waals surface area (Å²) in [5.41, 5.74) is 5.33. The maximum absolute atomic E-state index is 10.8. The molecule has 1 saturated carbocycles. The fourth-order valence-corrected chi connectivity index (χ4v) is 0.688. The fourth-order valence-electron chi connectivity index (χ4n) is 0.688. The Labute approximate surface area is 54.6 Å². The molecule has 1 aliphatic carbocycles. The summed E-state index contributed by atoms with van der Waals surface area (Å²) in [5.74, 6) is 0.390. The molecular weight excluding hydrogens is 116 g/mol. The maximum atomic E-state index is 10.8. The number of carbonyl (C=O) groups excluding carboxylic acids is 1. The lowest BCUT2D eigenvalue weighted by Crippen LogP contribution is -2.39. The Morgan fingerprint density at radius 1 is 1.78 bits per heavy atom. The molecule has 0 radical (unpaired) electrons. The Morgan fingerprint density at radius 2 is 2.33 bits per heavy atom. The van der Waals surface area contributed by atoms with Gasteiger partial charge in [-0.2, -0.15) is 0 Å². The second-order valence-corrected chi connectivity index (χ2v) is 2.57. The maximum Gasteiger partial charge on any atom is 0.224 e. The van der Waals surface area contributed by atoms with Gasteiger partial charge in [-0.1, -0.05) is 0 Å². The van der Waals surface area contributed by atoms with Crippen molar-refractivity contribution < 1.29 is 4.79 Å². The van der Waals surface area contributed by atoms with Gasteiger partial charge in [0.2, 0.25) is 5.91 Å². The average molecular weight is 128 g/mol. The highest BCUT2D eigenvalue weighted by Crippen LogP contribution is 2.28. The quantitative estimate of drug-likeness (QED) is 0.507. The Bertz CT molecular complexity index is 118. The van der Waals surface area contributed by atoms with Gasteiger partial charge in [0.1, 0.15) is 0 Å². The summed E-state index contributed by atoms with van der Waals surface area (Å²) in [6.45, 7) is 1.76. The Kier molecular flexibility index (Phi) is 1.71. The molecule has 1 unspecified atom stereocenters. The largest absolute Gasteiger partial charge is 0.341 e. The van der Waals surface area contributed by atoms with E-state index < -0.39 is 0 Å². The van der Waals surface area contributed by atoms with Crippen LogP contribution in [0.25, 0.3) is 0 Å². The van der Waals surface area contributed by atoms with Gasteiger partial charge in [0, 0.05) is 5.92 Å². The molecule has 0 aromatic heterocycles. The van der Waals surface area contributed by atoms with E-state index in [4.69, 9.17) is 5.73 Å². The van der Waals surface area contributed by atoms with Crippen LogP contribution < -0.4 is 11.1 Å². The van der Waals surface area contributed by atoms with Crippen LogP contribution in [0.5, 0.6) is 0 Å². The Morgan fingerprint density at radius 3 is 2.67 bits per heavy atom. The third-order valence-corrected chi connectivity index (χ3v) is 1.32. The number of nitrogens with one attached hydrogen (secondary N) is 1. The van der Waals surface area contributed by atoms with Gasteiger partial charge >= 0.3 is 0 Å². The molecule has 0 aliphatic heterocycles. The first kappa shape index (κ1) is 6.55. The van der Waals surface area contributed by atoms with Gasteiger partial charge in [-0.15, -0.1) is 0 Å². The topological polar surface area (TPSA) is 55.1 Å². The number of hydrogen-bond acceptors (Lipinski definition) is 2. The minimum Gasteiger partial charge on any atom is -0.341 e. The lowest BCUT2D eigenvalue weighted by molar-refractivity contribution is -0.122. The number of carbonyl (C=O) groups is 1. The van der Waals surface area contributed by atoms with E-state index >= 15 is 0 Å². The van der Waals surface area contributed by atoms with Crippen LogP contribution >= 0.6 is 0 Å². The summed E-state index contributed by atoms with van der Waals surface area (Å²) >= 11 is 0.